The first-order chi connectivity index (χ1) is 12.0. The van der Waals surface area contributed by atoms with E-state index in [1.165, 1.54) is 5.70 Å². The van der Waals surface area contributed by atoms with Crippen molar-refractivity contribution in [3.63, 3.8) is 0 Å². The van der Waals surface area contributed by atoms with E-state index in [1.54, 1.807) is 0 Å². The SMILES string of the molecule is C/C=c1/c(C)nnc(NC)/c1=C/C(=C/CC)N1CCN(C(C)C)CC1. The third-order valence-corrected chi connectivity index (χ3v) is 4.88. The first kappa shape index (κ1) is 19.4. The van der Waals surface area contributed by atoms with Crippen LogP contribution in [0.1, 0.15) is 39.8 Å². The van der Waals surface area contributed by atoms with E-state index in [2.05, 4.69) is 71.2 Å². The lowest BCUT2D eigenvalue weighted by Crippen LogP contribution is -2.48. The van der Waals surface area contributed by atoms with Crippen molar-refractivity contribution in [2.24, 2.45) is 0 Å². The molecule has 2 rings (SSSR count). The van der Waals surface area contributed by atoms with Gasteiger partial charge in [0.1, 0.15) is 0 Å². The number of aryl methyl sites for hydroxylation is 1. The van der Waals surface area contributed by atoms with E-state index >= 15 is 0 Å². The number of allylic oxidation sites excluding steroid dienone is 2. The van der Waals surface area contributed by atoms with E-state index in [0.29, 0.717) is 6.04 Å². The second-order valence-electron chi connectivity index (χ2n) is 6.80. The number of nitrogens with one attached hydrogen (secondary N) is 1. The molecule has 1 aliphatic rings. The average molecular weight is 344 g/mol. The average Bonchev–Trinajstić information content (AvgIpc) is 2.62. The smallest absolute Gasteiger partial charge is 0.156 e. The van der Waals surface area contributed by atoms with Gasteiger partial charge in [0.05, 0.1) is 5.69 Å². The Morgan fingerprint density at radius 2 is 1.84 bits per heavy atom. The van der Waals surface area contributed by atoms with Crippen molar-refractivity contribution in [1.29, 1.82) is 0 Å². The van der Waals surface area contributed by atoms with Crippen LogP contribution in [0.15, 0.2) is 11.8 Å². The van der Waals surface area contributed by atoms with Gasteiger partial charge in [-0.25, -0.2) is 0 Å². The quantitative estimate of drug-likeness (QED) is 0.882. The maximum absolute atomic E-state index is 4.33. The van der Waals surface area contributed by atoms with Crippen LogP contribution >= 0.6 is 0 Å². The van der Waals surface area contributed by atoms with Gasteiger partial charge in [-0.1, -0.05) is 19.1 Å². The van der Waals surface area contributed by atoms with Gasteiger partial charge in [-0.15, -0.1) is 5.10 Å². The zero-order chi connectivity index (χ0) is 18.4. The van der Waals surface area contributed by atoms with Crippen molar-refractivity contribution >= 4 is 18.0 Å². The highest BCUT2D eigenvalue weighted by atomic mass is 15.3. The van der Waals surface area contributed by atoms with Gasteiger partial charge < -0.3 is 10.2 Å². The summed E-state index contributed by atoms with van der Waals surface area (Å²) in [6, 6.07) is 0.619. The Morgan fingerprint density at radius 1 is 1.16 bits per heavy atom. The van der Waals surface area contributed by atoms with Crippen LogP contribution in [-0.4, -0.2) is 59.3 Å². The summed E-state index contributed by atoms with van der Waals surface area (Å²) >= 11 is 0. The fourth-order valence-corrected chi connectivity index (χ4v) is 3.38. The van der Waals surface area contributed by atoms with Crippen molar-refractivity contribution < 1.29 is 0 Å². The summed E-state index contributed by atoms with van der Waals surface area (Å²) in [7, 11) is 1.90. The highest BCUT2D eigenvalue weighted by molar-refractivity contribution is 5.54. The number of hydrogen-bond donors (Lipinski definition) is 1. The molecule has 0 unspecified atom stereocenters. The van der Waals surface area contributed by atoms with Crippen molar-refractivity contribution in [3.8, 4) is 0 Å². The van der Waals surface area contributed by atoms with Crippen LogP contribution in [-0.2, 0) is 0 Å². The van der Waals surface area contributed by atoms with Gasteiger partial charge in [0.25, 0.3) is 0 Å². The third kappa shape index (κ3) is 4.60. The molecular formula is C20H33N5. The summed E-state index contributed by atoms with van der Waals surface area (Å²) in [6.45, 7) is 15.2. The Kier molecular flexibility index (Phi) is 7.00. The Morgan fingerprint density at radius 3 is 2.36 bits per heavy atom. The molecule has 1 aliphatic heterocycles. The van der Waals surface area contributed by atoms with Crippen molar-refractivity contribution in [1.82, 2.24) is 20.0 Å². The van der Waals surface area contributed by atoms with Crippen LogP contribution in [0.25, 0.3) is 12.2 Å². The van der Waals surface area contributed by atoms with Gasteiger partial charge in [0.15, 0.2) is 5.82 Å². The number of anilines is 1. The highest BCUT2D eigenvalue weighted by Gasteiger charge is 2.19. The molecule has 0 amide bonds. The predicted octanol–water partition coefficient (Wildman–Crippen LogP) is 1.73. The molecular weight excluding hydrogens is 310 g/mol. The van der Waals surface area contributed by atoms with E-state index in [-0.39, 0.29) is 0 Å². The number of aromatic nitrogens is 2. The molecule has 2 heterocycles. The standard InChI is InChI=1S/C20H33N5/c1-7-9-17(25-12-10-24(11-13-25)15(3)4)14-19-18(8-2)16(5)22-23-20(19)21-6/h8-9,14-15H,7,10-13H2,1-6H3,(H,21,23)/b17-9-,18-8-,19-14+. The van der Waals surface area contributed by atoms with Gasteiger partial charge in [0.2, 0.25) is 0 Å². The van der Waals surface area contributed by atoms with Crippen LogP contribution in [0.5, 0.6) is 0 Å². The molecule has 0 spiro atoms. The van der Waals surface area contributed by atoms with Gasteiger partial charge >= 0.3 is 0 Å². The predicted molar refractivity (Wildman–Crippen MR) is 107 cm³/mol. The molecule has 25 heavy (non-hydrogen) atoms. The van der Waals surface area contributed by atoms with Crippen LogP contribution in [0, 0.1) is 6.92 Å². The molecule has 0 aliphatic carbocycles. The minimum atomic E-state index is 0.619. The fraction of sp³-hybridized carbons (Fsp3) is 0.600. The van der Waals surface area contributed by atoms with Gasteiger partial charge in [-0.3, -0.25) is 4.90 Å². The summed E-state index contributed by atoms with van der Waals surface area (Å²) in [4.78, 5) is 5.04. The Hall–Kier alpha value is -1.88. The van der Waals surface area contributed by atoms with E-state index < -0.39 is 0 Å². The summed E-state index contributed by atoms with van der Waals surface area (Å²) < 4.78 is 0. The molecule has 5 heteroatoms. The maximum Gasteiger partial charge on any atom is 0.156 e. The molecule has 1 saturated heterocycles. The zero-order valence-electron chi connectivity index (χ0n) is 16.6. The maximum atomic E-state index is 4.33. The van der Waals surface area contributed by atoms with Crippen LogP contribution in [0.2, 0.25) is 0 Å². The summed E-state index contributed by atoms with van der Waals surface area (Å²) in [5.74, 6) is 0.835. The van der Waals surface area contributed by atoms with Crippen molar-refractivity contribution in [3.05, 3.63) is 27.9 Å². The van der Waals surface area contributed by atoms with Crippen molar-refractivity contribution in [2.45, 2.75) is 47.1 Å². The lowest BCUT2D eigenvalue weighted by Gasteiger charge is -2.38. The van der Waals surface area contributed by atoms with Crippen LogP contribution < -0.4 is 15.8 Å². The summed E-state index contributed by atoms with van der Waals surface area (Å²) in [5.41, 5.74) is 2.26. The third-order valence-electron chi connectivity index (χ3n) is 4.88. The number of nitrogens with zero attached hydrogens (tertiary/aromatic N) is 4. The van der Waals surface area contributed by atoms with Crippen molar-refractivity contribution in [2.75, 3.05) is 38.5 Å². The largest absolute Gasteiger partial charge is 0.371 e. The minimum absolute atomic E-state index is 0.619. The first-order valence-electron chi connectivity index (χ1n) is 9.40. The molecule has 1 fully saturated rings. The molecule has 5 nitrogen and oxygen atoms in total. The molecule has 0 aromatic carbocycles. The van der Waals surface area contributed by atoms with E-state index in [0.717, 1.165) is 54.5 Å². The highest BCUT2D eigenvalue weighted by Crippen LogP contribution is 2.13. The monoisotopic (exact) mass is 343 g/mol. The van der Waals surface area contributed by atoms with Gasteiger partial charge in [0, 0.05) is 55.4 Å². The second kappa shape index (κ2) is 8.99. The summed E-state index contributed by atoms with van der Waals surface area (Å²) in [6.07, 6.45) is 7.74. The normalized spacial score (nSPS) is 18.4. The minimum Gasteiger partial charge on any atom is -0.371 e. The molecule has 0 saturated carbocycles. The number of rotatable bonds is 5. The Bertz CT molecular complexity index is 712. The second-order valence-corrected chi connectivity index (χ2v) is 6.80. The van der Waals surface area contributed by atoms with E-state index in [1.807, 2.05) is 14.0 Å². The molecule has 1 aromatic rings. The molecule has 138 valence electrons. The van der Waals surface area contributed by atoms with Crippen LogP contribution in [0.4, 0.5) is 5.82 Å². The van der Waals surface area contributed by atoms with E-state index in [4.69, 9.17) is 0 Å². The Labute approximate surface area is 152 Å². The molecule has 0 bridgehead atoms. The van der Waals surface area contributed by atoms with Crippen LogP contribution in [0.3, 0.4) is 0 Å². The lowest BCUT2D eigenvalue weighted by atomic mass is 10.1. The number of hydrogen-bond acceptors (Lipinski definition) is 5. The summed E-state index contributed by atoms with van der Waals surface area (Å²) in [5, 5.41) is 14.1. The fourth-order valence-electron chi connectivity index (χ4n) is 3.38. The van der Waals surface area contributed by atoms with Gasteiger partial charge in [-0.2, -0.15) is 5.10 Å². The Balaban J connectivity index is 2.43. The number of piperazine rings is 1. The topological polar surface area (TPSA) is 44.3 Å². The molecule has 1 aromatic heterocycles. The van der Waals surface area contributed by atoms with E-state index in [9.17, 15) is 0 Å². The lowest BCUT2D eigenvalue weighted by molar-refractivity contribution is 0.133. The molecule has 0 radical (unpaired) electrons. The van der Waals surface area contributed by atoms with Gasteiger partial charge in [-0.05, 0) is 40.2 Å². The zero-order valence-corrected chi connectivity index (χ0v) is 16.6. The first-order valence-corrected chi connectivity index (χ1v) is 9.40. The molecule has 1 N–H and O–H groups in total. The molecule has 0 atom stereocenters.